The normalized spacial score (nSPS) is 18.3. The van der Waals surface area contributed by atoms with Gasteiger partial charge in [0.25, 0.3) is 5.91 Å². The molecule has 1 saturated heterocycles. The molecule has 0 bridgehead atoms. The predicted octanol–water partition coefficient (Wildman–Crippen LogP) is 0.440. The Bertz CT molecular complexity index is 624. The van der Waals surface area contributed by atoms with Crippen LogP contribution in [0.1, 0.15) is 26.1 Å². The number of amides is 4. The van der Waals surface area contributed by atoms with E-state index in [0.717, 1.165) is 10.7 Å². The minimum Gasteiger partial charge on any atom is -0.337 e. The molecule has 0 aromatic carbocycles. The van der Waals surface area contributed by atoms with Crippen LogP contribution >= 0.6 is 0 Å². The highest BCUT2D eigenvalue weighted by Crippen LogP contribution is 2.19. The summed E-state index contributed by atoms with van der Waals surface area (Å²) in [6.45, 7) is 4.20. The number of urea groups is 1. The Morgan fingerprint density at radius 2 is 1.96 bits per heavy atom. The van der Waals surface area contributed by atoms with Gasteiger partial charge in [0.1, 0.15) is 11.9 Å². The van der Waals surface area contributed by atoms with Crippen molar-refractivity contribution in [2.45, 2.75) is 38.9 Å². The molecular formula is C15H23N5O3. The monoisotopic (exact) mass is 321 g/mol. The summed E-state index contributed by atoms with van der Waals surface area (Å²) in [6, 6.07) is -1.15. The summed E-state index contributed by atoms with van der Waals surface area (Å²) in [7, 11) is 4.84. The molecule has 1 aliphatic rings. The largest absolute Gasteiger partial charge is 0.337 e. The minimum absolute atomic E-state index is 0.0198. The standard InChI is InChI=1S/C15H23N5O3/c1-10(2)20(9-12-16-6-7-17(12)3)13(21)8-11-14(22)19(5)15(23)18(11)4/h6-7,10-11H,8-9H2,1-5H3. The van der Waals surface area contributed by atoms with Crippen LogP contribution < -0.4 is 0 Å². The Morgan fingerprint density at radius 1 is 1.30 bits per heavy atom. The van der Waals surface area contributed by atoms with E-state index < -0.39 is 6.04 Å². The molecule has 4 amide bonds. The lowest BCUT2D eigenvalue weighted by Gasteiger charge is -2.28. The topological polar surface area (TPSA) is 78.8 Å². The zero-order valence-corrected chi connectivity index (χ0v) is 14.2. The number of likely N-dealkylation sites (N-methyl/N-ethyl adjacent to an activating group) is 2. The Labute approximate surface area is 135 Å². The molecule has 1 aromatic rings. The van der Waals surface area contributed by atoms with Crippen molar-refractivity contribution >= 4 is 17.8 Å². The van der Waals surface area contributed by atoms with Crippen LogP contribution in [0.3, 0.4) is 0 Å². The van der Waals surface area contributed by atoms with E-state index in [-0.39, 0.29) is 30.3 Å². The Balaban J connectivity index is 2.12. The van der Waals surface area contributed by atoms with E-state index in [2.05, 4.69) is 4.98 Å². The number of rotatable bonds is 5. The molecule has 2 heterocycles. The third kappa shape index (κ3) is 3.20. The molecule has 8 heteroatoms. The second kappa shape index (κ2) is 6.39. The Kier molecular flexibility index (Phi) is 4.72. The molecule has 0 aliphatic carbocycles. The van der Waals surface area contributed by atoms with Gasteiger partial charge in [-0.05, 0) is 13.8 Å². The van der Waals surface area contributed by atoms with E-state index in [1.165, 1.54) is 11.9 Å². The first-order valence-electron chi connectivity index (χ1n) is 7.54. The van der Waals surface area contributed by atoms with Crippen molar-refractivity contribution in [3.8, 4) is 0 Å². The molecule has 0 N–H and O–H groups in total. The maximum absolute atomic E-state index is 12.7. The lowest BCUT2D eigenvalue weighted by atomic mass is 10.1. The van der Waals surface area contributed by atoms with E-state index in [1.54, 1.807) is 18.1 Å². The van der Waals surface area contributed by atoms with Gasteiger partial charge in [-0.1, -0.05) is 0 Å². The fourth-order valence-corrected chi connectivity index (χ4v) is 2.62. The van der Waals surface area contributed by atoms with E-state index in [1.807, 2.05) is 31.7 Å². The average molecular weight is 321 g/mol. The van der Waals surface area contributed by atoms with E-state index in [4.69, 9.17) is 0 Å². The third-order valence-electron chi connectivity index (χ3n) is 4.22. The zero-order valence-electron chi connectivity index (χ0n) is 14.2. The van der Waals surface area contributed by atoms with Crippen molar-refractivity contribution in [1.82, 2.24) is 24.3 Å². The Hall–Kier alpha value is -2.38. The maximum atomic E-state index is 12.7. The van der Waals surface area contributed by atoms with Crippen molar-refractivity contribution in [2.24, 2.45) is 7.05 Å². The number of nitrogens with zero attached hydrogens (tertiary/aromatic N) is 5. The summed E-state index contributed by atoms with van der Waals surface area (Å²) in [5.74, 6) is 0.259. The van der Waals surface area contributed by atoms with Crippen LogP contribution in [-0.4, -0.2) is 68.3 Å². The number of imide groups is 1. The summed E-state index contributed by atoms with van der Waals surface area (Å²) in [5, 5.41) is 0. The first-order valence-corrected chi connectivity index (χ1v) is 7.54. The van der Waals surface area contributed by atoms with Gasteiger partial charge in [0.2, 0.25) is 5.91 Å². The molecular weight excluding hydrogens is 298 g/mol. The molecule has 1 aliphatic heterocycles. The average Bonchev–Trinajstić information content (AvgIpc) is 2.97. The van der Waals surface area contributed by atoms with Gasteiger partial charge >= 0.3 is 6.03 Å². The molecule has 1 atom stereocenters. The van der Waals surface area contributed by atoms with Gasteiger partial charge in [-0.15, -0.1) is 0 Å². The van der Waals surface area contributed by atoms with Gasteiger partial charge in [0.05, 0.1) is 13.0 Å². The lowest BCUT2D eigenvalue weighted by molar-refractivity contribution is -0.138. The number of aromatic nitrogens is 2. The van der Waals surface area contributed by atoms with Gasteiger partial charge in [0, 0.05) is 39.6 Å². The first-order chi connectivity index (χ1) is 10.7. The highest BCUT2D eigenvalue weighted by molar-refractivity contribution is 6.05. The highest BCUT2D eigenvalue weighted by Gasteiger charge is 2.42. The molecule has 1 unspecified atom stereocenters. The summed E-state index contributed by atoms with van der Waals surface area (Å²) >= 11 is 0. The van der Waals surface area contributed by atoms with Crippen molar-refractivity contribution in [3.63, 3.8) is 0 Å². The molecule has 23 heavy (non-hydrogen) atoms. The highest BCUT2D eigenvalue weighted by atomic mass is 16.2. The molecule has 8 nitrogen and oxygen atoms in total. The third-order valence-corrected chi connectivity index (χ3v) is 4.22. The molecule has 0 spiro atoms. The predicted molar refractivity (Wildman–Crippen MR) is 83.2 cm³/mol. The number of aryl methyl sites for hydroxylation is 1. The Morgan fingerprint density at radius 3 is 2.39 bits per heavy atom. The first kappa shape index (κ1) is 17.0. The van der Waals surface area contributed by atoms with Gasteiger partial charge in [-0.25, -0.2) is 9.78 Å². The van der Waals surface area contributed by atoms with E-state index >= 15 is 0 Å². The minimum atomic E-state index is -0.734. The van der Waals surface area contributed by atoms with Crippen LogP contribution in [0, 0.1) is 0 Å². The number of imidazole rings is 1. The quantitative estimate of drug-likeness (QED) is 0.737. The molecule has 126 valence electrons. The smallest absolute Gasteiger partial charge is 0.326 e. The number of carbonyl (C=O) groups excluding carboxylic acids is 3. The van der Waals surface area contributed by atoms with Crippen LogP contribution in [0.25, 0.3) is 0 Å². The molecule has 2 rings (SSSR count). The van der Waals surface area contributed by atoms with Crippen LogP contribution in [-0.2, 0) is 23.2 Å². The van der Waals surface area contributed by atoms with Crippen molar-refractivity contribution in [3.05, 3.63) is 18.2 Å². The number of hydrogen-bond acceptors (Lipinski definition) is 4. The fraction of sp³-hybridized carbons (Fsp3) is 0.600. The van der Waals surface area contributed by atoms with Gasteiger partial charge in [-0.2, -0.15) is 0 Å². The second-order valence-corrected chi connectivity index (χ2v) is 6.08. The molecule has 0 saturated carbocycles. The summed E-state index contributed by atoms with van der Waals surface area (Å²) in [6.07, 6.45) is 3.48. The summed E-state index contributed by atoms with van der Waals surface area (Å²) in [5.41, 5.74) is 0. The molecule has 0 radical (unpaired) electrons. The SMILES string of the molecule is CC(C)N(Cc1nccn1C)C(=O)CC1C(=O)N(C)C(=O)N1C. The summed E-state index contributed by atoms with van der Waals surface area (Å²) in [4.78, 5) is 44.8. The summed E-state index contributed by atoms with van der Waals surface area (Å²) < 4.78 is 1.85. The van der Waals surface area contributed by atoms with Crippen LogP contribution in [0.5, 0.6) is 0 Å². The molecule has 1 aromatic heterocycles. The van der Waals surface area contributed by atoms with Crippen LogP contribution in [0.2, 0.25) is 0 Å². The van der Waals surface area contributed by atoms with Gasteiger partial charge in [-0.3, -0.25) is 14.5 Å². The fourth-order valence-electron chi connectivity index (χ4n) is 2.62. The van der Waals surface area contributed by atoms with E-state index in [9.17, 15) is 14.4 Å². The van der Waals surface area contributed by atoms with Gasteiger partial charge < -0.3 is 14.4 Å². The number of carbonyl (C=O) groups is 3. The maximum Gasteiger partial charge on any atom is 0.326 e. The lowest BCUT2D eigenvalue weighted by Crippen LogP contribution is -2.42. The van der Waals surface area contributed by atoms with Crippen molar-refractivity contribution in [2.75, 3.05) is 14.1 Å². The van der Waals surface area contributed by atoms with Crippen LogP contribution in [0.15, 0.2) is 12.4 Å². The molecule has 1 fully saturated rings. The van der Waals surface area contributed by atoms with Crippen molar-refractivity contribution in [1.29, 1.82) is 0 Å². The van der Waals surface area contributed by atoms with Crippen LogP contribution in [0.4, 0.5) is 4.79 Å². The van der Waals surface area contributed by atoms with E-state index in [0.29, 0.717) is 6.54 Å². The zero-order chi connectivity index (χ0) is 17.3. The second-order valence-electron chi connectivity index (χ2n) is 6.08. The number of hydrogen-bond donors (Lipinski definition) is 0. The van der Waals surface area contributed by atoms with Crippen molar-refractivity contribution < 1.29 is 14.4 Å². The van der Waals surface area contributed by atoms with Gasteiger partial charge in [0.15, 0.2) is 0 Å².